The molecule has 0 fully saturated rings. The Morgan fingerprint density at radius 3 is 1.90 bits per heavy atom. The number of nitrogens with zero attached hydrogens (tertiary/aromatic N) is 1. The van der Waals surface area contributed by atoms with Gasteiger partial charge in [0.1, 0.15) is 11.6 Å². The topological polar surface area (TPSA) is 38.8 Å². The van der Waals surface area contributed by atoms with Crippen LogP contribution in [0.2, 0.25) is 0 Å². The summed E-state index contributed by atoms with van der Waals surface area (Å²) in [5, 5.41) is 0. The van der Waals surface area contributed by atoms with Crippen molar-refractivity contribution in [1.82, 2.24) is 0 Å². The van der Waals surface area contributed by atoms with E-state index in [0.717, 1.165) is 55.8 Å². The molecule has 4 nitrogen and oxygen atoms in total. The summed E-state index contributed by atoms with van der Waals surface area (Å²) >= 11 is 0. The van der Waals surface area contributed by atoms with E-state index in [9.17, 15) is 9.18 Å². The van der Waals surface area contributed by atoms with Crippen LogP contribution >= 0.6 is 0 Å². The van der Waals surface area contributed by atoms with Crippen molar-refractivity contribution in [2.75, 3.05) is 24.7 Å². The summed E-state index contributed by atoms with van der Waals surface area (Å²) in [4.78, 5) is 14.6. The smallest absolute Gasteiger partial charge is 0.268 e. The molecule has 1 aliphatic heterocycles. The molecule has 0 radical (unpaired) electrons. The third-order valence-corrected chi connectivity index (χ3v) is 6.04. The molecule has 0 N–H and O–H groups in total. The molecular weight excluding hydrogens is 489 g/mol. The number of rotatable bonds is 12. The number of hydrogen-bond donors (Lipinski definition) is 0. The number of amides is 1. The Labute approximate surface area is 239 Å². The minimum atomic E-state index is -0.423. The molecule has 0 aliphatic carbocycles. The van der Waals surface area contributed by atoms with Gasteiger partial charge in [-0.25, -0.2) is 4.39 Å². The number of ether oxygens (including phenoxy) is 2. The molecule has 2 aromatic carbocycles. The Morgan fingerprint density at radius 1 is 0.769 bits per heavy atom. The van der Waals surface area contributed by atoms with Crippen molar-refractivity contribution in [2.24, 2.45) is 0 Å². The molecule has 1 aliphatic rings. The average molecular weight is 546 g/mol. The van der Waals surface area contributed by atoms with Gasteiger partial charge < -0.3 is 14.4 Å². The van der Waals surface area contributed by atoms with E-state index < -0.39 is 6.10 Å². The number of carbonyl (C=O) groups excluding carboxylic acids is 1. The number of para-hydroxylation sites is 2. The van der Waals surface area contributed by atoms with E-state index in [-0.39, 0.29) is 11.7 Å². The van der Waals surface area contributed by atoms with E-state index in [0.29, 0.717) is 13.0 Å². The fourth-order valence-corrected chi connectivity index (χ4v) is 3.53. The van der Waals surface area contributed by atoms with Crippen LogP contribution in [0, 0.1) is 12.7 Å². The van der Waals surface area contributed by atoms with Gasteiger partial charge in [0.15, 0.2) is 6.10 Å². The van der Waals surface area contributed by atoms with Gasteiger partial charge in [0, 0.05) is 19.6 Å². The van der Waals surface area contributed by atoms with Crippen LogP contribution in [0.4, 0.5) is 10.1 Å². The number of carbonyl (C=O) groups is 1. The number of unbranched alkanes of at least 4 members (excludes halogenated alkanes) is 5. The predicted molar refractivity (Wildman–Crippen MR) is 165 cm³/mol. The van der Waals surface area contributed by atoms with Gasteiger partial charge in [0.05, 0.1) is 12.3 Å². The summed E-state index contributed by atoms with van der Waals surface area (Å²) in [6, 6.07) is 14.2. The van der Waals surface area contributed by atoms with Gasteiger partial charge >= 0.3 is 0 Å². The summed E-state index contributed by atoms with van der Waals surface area (Å²) < 4.78 is 23.5. The molecule has 1 amide bonds. The lowest BCUT2D eigenvalue weighted by molar-refractivity contribution is -0.127. The lowest BCUT2D eigenvalue weighted by Gasteiger charge is -2.34. The van der Waals surface area contributed by atoms with E-state index in [1.165, 1.54) is 44.2 Å². The first-order valence-electron chi connectivity index (χ1n) is 15.3. The Kier molecular flexibility index (Phi) is 23.1. The summed E-state index contributed by atoms with van der Waals surface area (Å²) in [5.41, 5.74) is 1.99. The number of halogens is 1. The van der Waals surface area contributed by atoms with E-state index in [2.05, 4.69) is 41.5 Å². The fraction of sp³-hybridized carbons (Fsp3) is 0.618. The van der Waals surface area contributed by atoms with Gasteiger partial charge in [0.2, 0.25) is 0 Å². The highest BCUT2D eigenvalue weighted by Gasteiger charge is 2.33. The van der Waals surface area contributed by atoms with Crippen LogP contribution in [0.1, 0.15) is 111 Å². The highest BCUT2D eigenvalue weighted by Crippen LogP contribution is 2.34. The van der Waals surface area contributed by atoms with Crippen LogP contribution in [-0.2, 0) is 9.53 Å². The van der Waals surface area contributed by atoms with E-state index in [1.807, 2.05) is 36.1 Å². The molecule has 0 spiro atoms. The molecule has 1 heterocycles. The van der Waals surface area contributed by atoms with E-state index >= 15 is 0 Å². The SMILES string of the molecule is CCCC.CCCCC.CCCCCN1C(=O)C(CCOCCC)Oc2ccccc21.Cc1ccc(F)cc1. The first kappa shape index (κ1) is 36.6. The molecule has 1 unspecified atom stereocenters. The van der Waals surface area contributed by atoms with Crippen LogP contribution in [0.5, 0.6) is 5.75 Å². The monoisotopic (exact) mass is 545 g/mol. The standard InChI is InChI=1S/C18H27NO3.C7H7F.C5H12.C4H10/c1-3-5-8-12-19-15-9-6-7-10-16(15)22-17(18(19)20)11-14-21-13-4-2;1-6-2-4-7(8)5-3-6;1-3-5-4-2;1-3-4-2/h6-7,9-10,17H,3-5,8,11-14H2,1-2H3;2-5H,1H3;3-5H2,1-2H3;3-4H2,1-2H3. The third-order valence-electron chi connectivity index (χ3n) is 6.04. The number of anilines is 1. The number of aryl methyl sites for hydroxylation is 1. The first-order chi connectivity index (χ1) is 18.9. The van der Waals surface area contributed by atoms with Crippen LogP contribution in [0.15, 0.2) is 48.5 Å². The summed E-state index contributed by atoms with van der Waals surface area (Å²) in [5.74, 6) is 0.699. The Hall–Kier alpha value is -2.40. The zero-order chi connectivity index (χ0) is 29.3. The summed E-state index contributed by atoms with van der Waals surface area (Å²) in [6.07, 6.45) is 11.2. The first-order valence-corrected chi connectivity index (χ1v) is 15.3. The van der Waals surface area contributed by atoms with Crippen LogP contribution < -0.4 is 9.64 Å². The molecule has 5 heteroatoms. The van der Waals surface area contributed by atoms with Gasteiger partial charge in [-0.05, 0) is 44.0 Å². The maximum Gasteiger partial charge on any atom is 0.268 e. The molecule has 222 valence electrons. The highest BCUT2D eigenvalue weighted by atomic mass is 19.1. The third kappa shape index (κ3) is 17.0. The van der Waals surface area contributed by atoms with Crippen LogP contribution in [0.25, 0.3) is 0 Å². The number of fused-ring (bicyclic) bond motifs is 1. The van der Waals surface area contributed by atoms with Crippen LogP contribution in [-0.4, -0.2) is 31.8 Å². The van der Waals surface area contributed by atoms with Gasteiger partial charge in [-0.1, -0.05) is 116 Å². The Morgan fingerprint density at radius 2 is 1.38 bits per heavy atom. The molecule has 39 heavy (non-hydrogen) atoms. The minimum Gasteiger partial charge on any atom is -0.478 e. The average Bonchev–Trinajstić information content (AvgIpc) is 2.95. The maximum atomic E-state index is 12.7. The zero-order valence-corrected chi connectivity index (χ0v) is 25.9. The van der Waals surface area contributed by atoms with Crippen molar-refractivity contribution in [1.29, 1.82) is 0 Å². The molecule has 1 atom stereocenters. The lowest BCUT2D eigenvalue weighted by atomic mass is 10.1. The van der Waals surface area contributed by atoms with E-state index in [1.54, 1.807) is 12.1 Å². The van der Waals surface area contributed by atoms with Crippen molar-refractivity contribution >= 4 is 11.6 Å². The number of benzene rings is 2. The summed E-state index contributed by atoms with van der Waals surface area (Å²) in [6.45, 7) is 17.0. The van der Waals surface area contributed by atoms with Gasteiger partial charge in [-0.2, -0.15) is 0 Å². The molecule has 0 aromatic heterocycles. The fourth-order valence-electron chi connectivity index (χ4n) is 3.53. The molecule has 2 aromatic rings. The largest absolute Gasteiger partial charge is 0.478 e. The lowest BCUT2D eigenvalue weighted by Crippen LogP contribution is -2.46. The second-order valence-electron chi connectivity index (χ2n) is 9.82. The zero-order valence-electron chi connectivity index (χ0n) is 25.9. The molecule has 3 rings (SSSR count). The normalized spacial score (nSPS) is 13.5. The summed E-state index contributed by atoms with van der Waals surface area (Å²) in [7, 11) is 0. The highest BCUT2D eigenvalue weighted by molar-refractivity contribution is 6.00. The second kappa shape index (κ2) is 24.6. The predicted octanol–water partition coefficient (Wildman–Crippen LogP) is 9.92. The van der Waals surface area contributed by atoms with E-state index in [4.69, 9.17) is 9.47 Å². The number of hydrogen-bond acceptors (Lipinski definition) is 3. The molecule has 0 saturated heterocycles. The maximum absolute atomic E-state index is 12.7. The molecule has 0 saturated carbocycles. The Balaban J connectivity index is 0.000000689. The van der Waals surface area contributed by atoms with Crippen molar-refractivity contribution < 1.29 is 18.7 Å². The second-order valence-corrected chi connectivity index (χ2v) is 9.82. The van der Waals surface area contributed by atoms with Crippen molar-refractivity contribution in [3.63, 3.8) is 0 Å². The van der Waals surface area contributed by atoms with Crippen molar-refractivity contribution in [3.8, 4) is 5.75 Å². The van der Waals surface area contributed by atoms with Gasteiger partial charge in [-0.15, -0.1) is 0 Å². The van der Waals surface area contributed by atoms with Gasteiger partial charge in [-0.3, -0.25) is 4.79 Å². The quantitative estimate of drug-likeness (QED) is 0.249. The van der Waals surface area contributed by atoms with Gasteiger partial charge in [0.25, 0.3) is 5.91 Å². The van der Waals surface area contributed by atoms with Crippen LogP contribution in [0.3, 0.4) is 0 Å². The van der Waals surface area contributed by atoms with Crippen molar-refractivity contribution in [2.45, 2.75) is 119 Å². The molecular formula is C34H56FNO3. The minimum absolute atomic E-state index is 0.0647. The van der Waals surface area contributed by atoms with Crippen molar-refractivity contribution in [3.05, 3.63) is 59.9 Å². The molecule has 0 bridgehead atoms. The Bertz CT molecular complexity index is 816.